The first kappa shape index (κ1) is 14.3. The van der Waals surface area contributed by atoms with Gasteiger partial charge in [0.2, 0.25) is 0 Å². The first-order valence-electron chi connectivity index (χ1n) is 5.50. The van der Waals surface area contributed by atoms with Crippen molar-refractivity contribution in [3.05, 3.63) is 49.3 Å². The molecule has 1 aromatic carbocycles. The lowest BCUT2D eigenvalue weighted by Gasteiger charge is -2.13. The van der Waals surface area contributed by atoms with Crippen LogP contribution in [-0.4, -0.2) is 0 Å². The lowest BCUT2D eigenvalue weighted by Crippen LogP contribution is -1.94. The highest BCUT2D eigenvalue weighted by Gasteiger charge is 2.11. The Bertz CT molecular complexity index is 526. The third-order valence-corrected chi connectivity index (χ3v) is 5.17. The second kappa shape index (κ2) is 6.38. The predicted octanol–water partition coefficient (Wildman–Crippen LogP) is 6.18. The fourth-order valence-corrected chi connectivity index (χ4v) is 3.18. The van der Waals surface area contributed by atoms with Crippen molar-refractivity contribution in [2.75, 3.05) is 4.72 Å². The molecule has 1 nitrogen and oxygen atoms in total. The maximum atomic E-state index is 6.18. The topological polar surface area (TPSA) is 12.0 Å². The largest absolute Gasteiger partial charge is 0.326 e. The minimum atomic E-state index is 0.818. The molecule has 1 aliphatic rings. The number of anilines is 1. The second-order valence-corrected chi connectivity index (χ2v) is 6.67. The highest BCUT2D eigenvalue weighted by atomic mass is 79.9. The molecule has 5 heteroatoms. The van der Waals surface area contributed by atoms with Gasteiger partial charge >= 0.3 is 0 Å². The molecule has 0 saturated carbocycles. The summed E-state index contributed by atoms with van der Waals surface area (Å²) < 4.78 is 4.36. The van der Waals surface area contributed by atoms with E-state index in [0.29, 0.717) is 0 Å². The van der Waals surface area contributed by atoms with Gasteiger partial charge in [-0.3, -0.25) is 0 Å². The normalized spacial score (nSPS) is 15.7. The standard InChI is InChI=1S/C13H12BrCl2NS/c1-8-2-4-10(7-11(8)14)17-18-13-6-9(15)3-5-12(13)16/h2,4,6-7,17H,3,5H2,1H3. The van der Waals surface area contributed by atoms with Crippen LogP contribution in [-0.2, 0) is 0 Å². The second-order valence-electron chi connectivity index (χ2n) is 4.03. The van der Waals surface area contributed by atoms with E-state index < -0.39 is 0 Å². The molecule has 0 spiro atoms. The number of nitrogens with one attached hydrogen (secondary N) is 1. The summed E-state index contributed by atoms with van der Waals surface area (Å²) in [6.07, 6.45) is 3.58. The number of rotatable bonds is 3. The fraction of sp³-hybridized carbons (Fsp3) is 0.231. The molecule has 1 aromatic rings. The van der Waals surface area contributed by atoms with Gasteiger partial charge in [-0.2, -0.15) is 0 Å². The van der Waals surface area contributed by atoms with Crippen LogP contribution >= 0.6 is 51.1 Å². The van der Waals surface area contributed by atoms with Crippen molar-refractivity contribution in [3.63, 3.8) is 0 Å². The average Bonchev–Trinajstić information content (AvgIpc) is 2.34. The lowest BCUT2D eigenvalue weighted by molar-refractivity contribution is 0.995. The summed E-state index contributed by atoms with van der Waals surface area (Å²) in [6, 6.07) is 6.15. The molecule has 0 bridgehead atoms. The minimum Gasteiger partial charge on any atom is -0.326 e. The molecule has 96 valence electrons. The summed E-state index contributed by atoms with van der Waals surface area (Å²) in [7, 11) is 0. The molecule has 0 amide bonds. The van der Waals surface area contributed by atoms with E-state index in [4.69, 9.17) is 23.2 Å². The average molecular weight is 365 g/mol. The molecular weight excluding hydrogens is 353 g/mol. The van der Waals surface area contributed by atoms with Crippen LogP contribution < -0.4 is 4.72 Å². The van der Waals surface area contributed by atoms with Crippen LogP contribution in [0.2, 0.25) is 0 Å². The van der Waals surface area contributed by atoms with E-state index in [2.05, 4.69) is 33.6 Å². The maximum absolute atomic E-state index is 6.18. The first-order valence-corrected chi connectivity index (χ1v) is 7.86. The molecule has 0 fully saturated rings. The zero-order valence-corrected chi connectivity index (χ0v) is 13.7. The Labute approximate surface area is 130 Å². The molecular formula is C13H12BrCl2NS. The fourth-order valence-electron chi connectivity index (χ4n) is 1.50. The summed E-state index contributed by atoms with van der Waals surface area (Å²) >= 11 is 17.2. The Balaban J connectivity index is 2.05. The third kappa shape index (κ3) is 3.70. The van der Waals surface area contributed by atoms with Crippen LogP contribution in [0, 0.1) is 6.92 Å². The zero-order chi connectivity index (χ0) is 13.1. The van der Waals surface area contributed by atoms with E-state index in [-0.39, 0.29) is 0 Å². The Morgan fingerprint density at radius 2 is 2.06 bits per heavy atom. The summed E-state index contributed by atoms with van der Waals surface area (Å²) in [5.41, 5.74) is 2.24. The number of benzene rings is 1. The van der Waals surface area contributed by atoms with Crippen LogP contribution in [0.4, 0.5) is 5.69 Å². The third-order valence-electron chi connectivity index (χ3n) is 2.59. The SMILES string of the molecule is Cc1ccc(NSC2=C(Cl)CCC(Cl)=C2)cc1Br. The van der Waals surface area contributed by atoms with Gasteiger partial charge in [0, 0.05) is 25.1 Å². The van der Waals surface area contributed by atoms with E-state index >= 15 is 0 Å². The quantitative estimate of drug-likeness (QED) is 0.642. The zero-order valence-electron chi connectivity index (χ0n) is 9.77. The van der Waals surface area contributed by atoms with E-state index in [1.807, 2.05) is 18.2 Å². The molecule has 0 heterocycles. The van der Waals surface area contributed by atoms with E-state index in [1.54, 1.807) is 0 Å². The monoisotopic (exact) mass is 363 g/mol. The molecule has 0 aromatic heterocycles. The Hall–Kier alpha value is -0.0900. The molecule has 0 atom stereocenters. The van der Waals surface area contributed by atoms with Crippen molar-refractivity contribution in [1.29, 1.82) is 0 Å². The van der Waals surface area contributed by atoms with Gasteiger partial charge in [-0.05, 0) is 55.5 Å². The molecule has 1 N–H and O–H groups in total. The number of hydrogen-bond donors (Lipinski definition) is 1. The van der Waals surface area contributed by atoms with Gasteiger partial charge in [0.05, 0.1) is 0 Å². The number of aryl methyl sites for hydroxylation is 1. The van der Waals surface area contributed by atoms with Crippen molar-refractivity contribution < 1.29 is 0 Å². The van der Waals surface area contributed by atoms with Crippen molar-refractivity contribution in [2.45, 2.75) is 19.8 Å². The molecule has 18 heavy (non-hydrogen) atoms. The molecule has 0 aliphatic heterocycles. The van der Waals surface area contributed by atoms with Crippen LogP contribution in [0.3, 0.4) is 0 Å². The Morgan fingerprint density at radius 3 is 2.78 bits per heavy atom. The van der Waals surface area contributed by atoms with Gasteiger partial charge < -0.3 is 4.72 Å². The maximum Gasteiger partial charge on any atom is 0.0454 e. The van der Waals surface area contributed by atoms with Crippen LogP contribution in [0.25, 0.3) is 0 Å². The molecule has 2 rings (SSSR count). The van der Waals surface area contributed by atoms with Crippen molar-refractivity contribution in [1.82, 2.24) is 0 Å². The number of halogens is 3. The Kier molecular flexibility index (Phi) is 5.07. The van der Waals surface area contributed by atoms with Gasteiger partial charge in [-0.15, -0.1) is 0 Å². The van der Waals surface area contributed by atoms with Gasteiger partial charge in [0.25, 0.3) is 0 Å². The van der Waals surface area contributed by atoms with Crippen molar-refractivity contribution >= 4 is 56.8 Å². The van der Waals surface area contributed by atoms with Crippen LogP contribution in [0.5, 0.6) is 0 Å². The van der Waals surface area contributed by atoms with Gasteiger partial charge in [0.15, 0.2) is 0 Å². The summed E-state index contributed by atoms with van der Waals surface area (Å²) in [5.74, 6) is 0. The molecule has 0 saturated heterocycles. The van der Waals surface area contributed by atoms with Crippen molar-refractivity contribution in [2.24, 2.45) is 0 Å². The first-order chi connectivity index (χ1) is 8.56. The van der Waals surface area contributed by atoms with Crippen molar-refractivity contribution in [3.8, 4) is 0 Å². The number of allylic oxidation sites excluding steroid dienone is 3. The van der Waals surface area contributed by atoms with Crippen LogP contribution in [0.15, 0.2) is 43.7 Å². The lowest BCUT2D eigenvalue weighted by atomic mass is 10.2. The van der Waals surface area contributed by atoms with Crippen LogP contribution in [0.1, 0.15) is 18.4 Å². The summed E-state index contributed by atoms with van der Waals surface area (Å²) in [5, 5.41) is 1.72. The predicted molar refractivity (Wildman–Crippen MR) is 86.1 cm³/mol. The van der Waals surface area contributed by atoms with E-state index in [9.17, 15) is 0 Å². The highest BCUT2D eigenvalue weighted by molar-refractivity contribution is 9.10. The summed E-state index contributed by atoms with van der Waals surface area (Å²) in [6.45, 7) is 2.06. The van der Waals surface area contributed by atoms with E-state index in [0.717, 1.165) is 38.0 Å². The smallest absolute Gasteiger partial charge is 0.0454 e. The van der Waals surface area contributed by atoms with Gasteiger partial charge in [0.1, 0.15) is 0 Å². The molecule has 0 radical (unpaired) electrons. The van der Waals surface area contributed by atoms with E-state index in [1.165, 1.54) is 17.5 Å². The molecule has 1 aliphatic carbocycles. The highest BCUT2D eigenvalue weighted by Crippen LogP contribution is 2.35. The van der Waals surface area contributed by atoms with Gasteiger partial charge in [-0.25, -0.2) is 0 Å². The number of hydrogen-bond acceptors (Lipinski definition) is 2. The molecule has 0 unspecified atom stereocenters. The Morgan fingerprint density at radius 1 is 1.28 bits per heavy atom. The summed E-state index contributed by atoms with van der Waals surface area (Å²) in [4.78, 5) is 0.990. The van der Waals surface area contributed by atoms with Gasteiger partial charge in [-0.1, -0.05) is 45.2 Å². The minimum absolute atomic E-state index is 0.818.